The number of amides is 2. The van der Waals surface area contributed by atoms with E-state index in [-0.39, 0.29) is 51.1 Å². The molecule has 2 aliphatic carbocycles. The molecule has 0 spiro atoms. The molecule has 3 rings (SSSR count). The van der Waals surface area contributed by atoms with Gasteiger partial charge in [-0.05, 0) is 49.3 Å². The molecule has 0 heterocycles. The third-order valence-corrected chi connectivity index (χ3v) is 7.51. The van der Waals surface area contributed by atoms with Gasteiger partial charge >= 0.3 is 24.1 Å². The van der Waals surface area contributed by atoms with Gasteiger partial charge in [0.1, 0.15) is 37.5 Å². The molecule has 0 saturated carbocycles. The molecule has 0 atom stereocenters. The standard InChI is InChI=1S/C36H42N4O10/c1-5-29(41)47-21-17-37-35(45)49-23-19-39(7-3)27-13-9-25(10-14-27)31-33(43)32(34(31)44)26-11-15-28(16-12-26)40(8-4)20-24-50-36(46)38-18-22-48-30(42)6-2/h5-6,9-16H,1-2,7-8,17-24H2,3-4H3,(H2-,37,38,43,44,45,46)/p+2. The molecule has 0 aliphatic heterocycles. The van der Waals surface area contributed by atoms with Crippen LogP contribution in [-0.4, -0.2) is 111 Å². The predicted molar refractivity (Wildman–Crippen MR) is 187 cm³/mol. The van der Waals surface area contributed by atoms with Gasteiger partial charge in [-0.2, -0.15) is 0 Å². The number of esters is 2. The van der Waals surface area contributed by atoms with Crippen LogP contribution in [-0.2, 0) is 33.3 Å². The molecule has 0 radical (unpaired) electrons. The van der Waals surface area contributed by atoms with Crippen molar-refractivity contribution in [2.75, 3.05) is 70.6 Å². The van der Waals surface area contributed by atoms with Crippen molar-refractivity contribution in [2.24, 2.45) is 0 Å². The number of ketones is 1. The van der Waals surface area contributed by atoms with E-state index < -0.39 is 24.1 Å². The highest BCUT2D eigenvalue weighted by Crippen LogP contribution is 2.39. The van der Waals surface area contributed by atoms with Crippen LogP contribution in [0.2, 0.25) is 0 Å². The summed E-state index contributed by atoms with van der Waals surface area (Å²) in [5, 5.41) is 13.7. The van der Waals surface area contributed by atoms with Gasteiger partial charge in [-0.1, -0.05) is 25.3 Å². The van der Waals surface area contributed by atoms with E-state index in [1.54, 1.807) is 24.3 Å². The number of Topliss-reactive ketones (excluding diaryl/α,β-unsaturated/α-hetero) is 1. The smallest absolute Gasteiger partial charge is 0.407 e. The summed E-state index contributed by atoms with van der Waals surface area (Å²) in [6.45, 7) is 13.2. The van der Waals surface area contributed by atoms with E-state index in [9.17, 15) is 24.0 Å². The molecule has 50 heavy (non-hydrogen) atoms. The van der Waals surface area contributed by atoms with Crippen LogP contribution < -0.4 is 15.5 Å². The number of carbonyl (C=O) groups is 5. The lowest BCUT2D eigenvalue weighted by Crippen LogP contribution is -2.32. The summed E-state index contributed by atoms with van der Waals surface area (Å²) in [6.07, 6.45) is 8.17. The van der Waals surface area contributed by atoms with Crippen molar-refractivity contribution in [3.8, 4) is 0 Å². The first-order valence-corrected chi connectivity index (χ1v) is 16.1. The Balaban J connectivity index is 1.52. The van der Waals surface area contributed by atoms with Crippen molar-refractivity contribution in [3.63, 3.8) is 0 Å². The number of anilines is 1. The molecular weight excluding hydrogens is 648 g/mol. The first kappa shape index (κ1) is 38.5. The molecule has 2 aliphatic rings. The number of rotatable bonds is 18. The topological polar surface area (TPSA) is 175 Å². The molecule has 0 bridgehead atoms. The predicted octanol–water partition coefficient (Wildman–Crippen LogP) is 2.34. The molecule has 14 nitrogen and oxygen atoms in total. The minimum absolute atomic E-state index is 0.0118. The van der Waals surface area contributed by atoms with Crippen molar-refractivity contribution in [1.82, 2.24) is 10.6 Å². The normalized spacial score (nSPS) is 13.2. The Morgan fingerprint density at radius 3 is 1.86 bits per heavy atom. The second kappa shape index (κ2) is 19.8. The molecule has 0 unspecified atom stereocenters. The quantitative estimate of drug-likeness (QED) is 0.0580. The second-order valence-electron chi connectivity index (χ2n) is 10.6. The summed E-state index contributed by atoms with van der Waals surface area (Å²) in [4.78, 5) is 61.1. The van der Waals surface area contributed by atoms with Crippen LogP contribution in [0, 0.1) is 0 Å². The van der Waals surface area contributed by atoms with E-state index in [1.165, 1.54) is 0 Å². The van der Waals surface area contributed by atoms with E-state index >= 15 is 0 Å². The number of carbonyl (C=O) groups excluding carboxylic acids is 5. The summed E-state index contributed by atoms with van der Waals surface area (Å²) >= 11 is 0. The highest BCUT2D eigenvalue weighted by atomic mass is 16.6. The monoisotopic (exact) mass is 692 g/mol. The fourth-order valence-electron chi connectivity index (χ4n) is 4.91. The molecule has 0 fully saturated rings. The Hall–Kier alpha value is -5.92. The van der Waals surface area contributed by atoms with Crippen LogP contribution in [0.5, 0.6) is 0 Å². The summed E-state index contributed by atoms with van der Waals surface area (Å²) < 4.78 is 22.0. The zero-order valence-corrected chi connectivity index (χ0v) is 28.3. The summed E-state index contributed by atoms with van der Waals surface area (Å²) in [6, 6.07) is 7.33. The summed E-state index contributed by atoms with van der Waals surface area (Å²) in [5.41, 5.74) is 3.73. The third kappa shape index (κ3) is 11.1. The number of ether oxygens (including phenoxy) is 4. The van der Waals surface area contributed by atoms with Gasteiger partial charge in [-0.3, -0.25) is 4.79 Å². The maximum atomic E-state index is 13.2. The van der Waals surface area contributed by atoms with Crippen molar-refractivity contribution in [3.05, 3.63) is 96.3 Å². The molecular formula is C36H44N4O10+2. The molecule has 0 saturated heterocycles. The van der Waals surface area contributed by atoms with Gasteiger partial charge < -0.3 is 39.6 Å². The van der Waals surface area contributed by atoms with E-state index in [0.29, 0.717) is 48.5 Å². The Morgan fingerprint density at radius 1 is 0.800 bits per heavy atom. The lowest BCUT2D eigenvalue weighted by molar-refractivity contribution is -0.524. The van der Waals surface area contributed by atoms with E-state index in [1.807, 2.05) is 47.6 Å². The Bertz CT molecular complexity index is 1600. The van der Waals surface area contributed by atoms with E-state index in [0.717, 1.165) is 23.6 Å². The highest BCUT2D eigenvalue weighted by molar-refractivity contribution is 6.39. The largest absolute Gasteiger partial charge is 0.592 e. The van der Waals surface area contributed by atoms with E-state index in [2.05, 4.69) is 23.8 Å². The van der Waals surface area contributed by atoms with Crippen molar-refractivity contribution in [2.45, 2.75) is 13.8 Å². The highest BCUT2D eigenvalue weighted by Gasteiger charge is 2.41. The number of likely N-dealkylation sites (N-methyl/N-ethyl adjacent to an activating group) is 2. The molecule has 1 aromatic carbocycles. The van der Waals surface area contributed by atoms with Gasteiger partial charge in [-0.15, -0.1) is 0 Å². The van der Waals surface area contributed by atoms with Gasteiger partial charge in [0.15, 0.2) is 18.9 Å². The zero-order chi connectivity index (χ0) is 36.5. The number of nitrogens with zero attached hydrogens (tertiary/aromatic N) is 2. The minimum atomic E-state index is -0.621. The molecule has 266 valence electrons. The lowest BCUT2D eigenvalue weighted by atomic mass is 9.80. The van der Waals surface area contributed by atoms with Gasteiger partial charge in [0.05, 0.1) is 19.6 Å². The van der Waals surface area contributed by atoms with Crippen molar-refractivity contribution >= 4 is 46.9 Å². The fourth-order valence-corrected chi connectivity index (χ4v) is 4.91. The first-order valence-electron chi connectivity index (χ1n) is 16.1. The van der Waals surface area contributed by atoms with E-state index in [4.69, 9.17) is 24.1 Å². The van der Waals surface area contributed by atoms with Gasteiger partial charge in [-0.25, -0.2) is 23.8 Å². The van der Waals surface area contributed by atoms with Crippen LogP contribution in [0.3, 0.4) is 0 Å². The van der Waals surface area contributed by atoms with Crippen molar-refractivity contribution < 1.29 is 52.6 Å². The molecule has 14 heteroatoms. The van der Waals surface area contributed by atoms with Gasteiger partial charge in [0.2, 0.25) is 5.78 Å². The summed E-state index contributed by atoms with van der Waals surface area (Å²) in [5.74, 6) is -1.17. The van der Waals surface area contributed by atoms with Gasteiger partial charge in [0, 0.05) is 36.5 Å². The summed E-state index contributed by atoms with van der Waals surface area (Å²) in [7, 11) is 0. The number of nitrogens with one attached hydrogen (secondary N) is 2. The second-order valence-corrected chi connectivity index (χ2v) is 10.6. The maximum absolute atomic E-state index is 13.2. The van der Waals surface area contributed by atoms with Crippen molar-refractivity contribution in [1.29, 1.82) is 0 Å². The number of benzene rings is 1. The number of hydrogen-bond donors (Lipinski definition) is 2. The zero-order valence-electron chi connectivity index (χ0n) is 28.3. The molecule has 1 aromatic rings. The van der Waals surface area contributed by atoms with Crippen LogP contribution in [0.15, 0.2) is 90.8 Å². The first-order chi connectivity index (χ1) is 24.1. The molecule has 4 N–H and O–H groups in total. The lowest BCUT2D eigenvalue weighted by Gasteiger charge is -2.24. The van der Waals surface area contributed by atoms with Crippen LogP contribution >= 0.6 is 0 Å². The Morgan fingerprint density at radius 2 is 1.36 bits per heavy atom. The SMILES string of the molecule is C=CC(=O)OCCNC(=O)OCCN(CC)c1ccc(C2=C([OH2+])C(=C3C=CC(=[N+](CC)CCOC(=O)NCCOC(=O)C=C)C=C3)C2=O)cc1. The average molecular weight is 693 g/mol. The average Bonchev–Trinajstić information content (AvgIpc) is 3.13. The molecule has 2 amide bonds. The fraction of sp³-hybridized carbons (Fsp3) is 0.333. The van der Waals surface area contributed by atoms with Crippen LogP contribution in [0.25, 0.3) is 5.57 Å². The minimum Gasteiger partial charge on any atom is -0.592 e. The number of hydrogen-bond acceptors (Lipinski definition) is 10. The number of alkyl carbamates (subject to hydrolysis) is 2. The Labute approximate surface area is 290 Å². The molecule has 0 aromatic heterocycles. The number of allylic oxidation sites excluding steroid dienone is 7. The maximum Gasteiger partial charge on any atom is 0.407 e. The van der Waals surface area contributed by atoms with Crippen LogP contribution in [0.1, 0.15) is 19.4 Å². The third-order valence-electron chi connectivity index (χ3n) is 7.51. The van der Waals surface area contributed by atoms with Gasteiger partial charge in [0.25, 0.3) is 5.76 Å². The Kier molecular flexibility index (Phi) is 15.3. The van der Waals surface area contributed by atoms with Crippen LogP contribution in [0.4, 0.5) is 15.3 Å².